The first-order valence-corrected chi connectivity index (χ1v) is 14.7. The van der Waals surface area contributed by atoms with Crippen molar-refractivity contribution in [3.63, 3.8) is 0 Å². The lowest BCUT2D eigenvalue weighted by atomic mass is 10.1. The zero-order chi connectivity index (χ0) is 28.0. The molecule has 2 N–H and O–H groups in total. The number of para-hydroxylation sites is 1. The summed E-state index contributed by atoms with van der Waals surface area (Å²) >= 11 is 0. The fourth-order valence-corrected chi connectivity index (χ4v) is 5.82. The number of nitrogens with zero attached hydrogens (tertiary/aromatic N) is 2. The molecule has 0 spiro atoms. The Labute approximate surface area is 231 Å². The predicted molar refractivity (Wildman–Crippen MR) is 153 cm³/mol. The van der Waals surface area contributed by atoms with Gasteiger partial charge in [0.2, 0.25) is 10.0 Å². The molecule has 3 aromatic rings. The molecule has 1 aliphatic heterocycles. The summed E-state index contributed by atoms with van der Waals surface area (Å²) in [6.07, 6.45) is 0.814. The maximum atomic E-state index is 13.0. The van der Waals surface area contributed by atoms with Crippen LogP contribution in [0.4, 0.5) is 5.69 Å². The maximum absolute atomic E-state index is 13.0. The largest absolute Gasteiger partial charge is 0.350 e. The highest BCUT2D eigenvalue weighted by Crippen LogP contribution is 2.20. The Kier molecular flexibility index (Phi) is 9.16. The number of hydrogen-bond acceptors (Lipinski definition) is 5. The molecule has 1 heterocycles. The Balaban J connectivity index is 1.33. The van der Waals surface area contributed by atoms with Crippen molar-refractivity contribution in [3.05, 3.63) is 95.1 Å². The molecule has 0 aliphatic carbocycles. The van der Waals surface area contributed by atoms with E-state index in [1.54, 1.807) is 52.8 Å². The van der Waals surface area contributed by atoms with Gasteiger partial charge in [0.25, 0.3) is 11.8 Å². The van der Waals surface area contributed by atoms with Gasteiger partial charge >= 0.3 is 0 Å². The van der Waals surface area contributed by atoms with Gasteiger partial charge in [-0.15, -0.1) is 0 Å². The molecule has 0 bridgehead atoms. The summed E-state index contributed by atoms with van der Waals surface area (Å²) in [5.74, 6) is -0.511. The molecule has 4 rings (SSSR count). The van der Waals surface area contributed by atoms with Crippen LogP contribution in [0.1, 0.15) is 52.1 Å². The number of piperazine rings is 1. The second kappa shape index (κ2) is 12.5. The number of carbonyl (C=O) groups excluding carboxylic acids is 2. The summed E-state index contributed by atoms with van der Waals surface area (Å²) in [6.45, 7) is 8.65. The summed E-state index contributed by atoms with van der Waals surface area (Å²) in [7, 11) is -3.50. The number of amides is 2. The fraction of sp³-hybridized carbons (Fsp3) is 0.333. The van der Waals surface area contributed by atoms with Gasteiger partial charge in [0.1, 0.15) is 0 Å². The van der Waals surface area contributed by atoms with E-state index in [4.69, 9.17) is 0 Å². The van der Waals surface area contributed by atoms with E-state index in [1.807, 2.05) is 45.0 Å². The molecule has 1 fully saturated rings. The van der Waals surface area contributed by atoms with Gasteiger partial charge in [-0.25, -0.2) is 8.42 Å². The SMILES string of the molecule is CCC(C)NC(=O)c1ccccc1NC(=O)c1ccc(CN2CCN(S(=O)(=O)c3ccc(C)cc3)CC2)cc1. The van der Waals surface area contributed by atoms with Gasteiger partial charge < -0.3 is 10.6 Å². The van der Waals surface area contributed by atoms with E-state index in [1.165, 1.54) is 0 Å². The van der Waals surface area contributed by atoms with Crippen LogP contribution in [0, 0.1) is 6.92 Å². The lowest BCUT2D eigenvalue weighted by Gasteiger charge is -2.34. The van der Waals surface area contributed by atoms with Crippen LogP contribution < -0.4 is 10.6 Å². The van der Waals surface area contributed by atoms with Crippen LogP contribution in [0.3, 0.4) is 0 Å². The monoisotopic (exact) mass is 548 g/mol. The number of hydrogen-bond donors (Lipinski definition) is 2. The van der Waals surface area contributed by atoms with Crippen LogP contribution >= 0.6 is 0 Å². The van der Waals surface area contributed by atoms with Gasteiger partial charge in [0.05, 0.1) is 16.1 Å². The number of aryl methyl sites for hydroxylation is 1. The van der Waals surface area contributed by atoms with Crippen molar-refractivity contribution in [2.45, 2.75) is 44.7 Å². The van der Waals surface area contributed by atoms with Gasteiger partial charge in [-0.1, -0.05) is 48.9 Å². The third-order valence-corrected chi connectivity index (χ3v) is 8.93. The summed E-state index contributed by atoms with van der Waals surface area (Å²) < 4.78 is 27.5. The third kappa shape index (κ3) is 7.11. The van der Waals surface area contributed by atoms with Gasteiger partial charge in [-0.3, -0.25) is 14.5 Å². The molecule has 0 aromatic heterocycles. The number of sulfonamides is 1. The number of carbonyl (C=O) groups is 2. The Morgan fingerprint density at radius 1 is 0.872 bits per heavy atom. The average molecular weight is 549 g/mol. The maximum Gasteiger partial charge on any atom is 0.255 e. The lowest BCUT2D eigenvalue weighted by molar-refractivity contribution is 0.0940. The first-order valence-electron chi connectivity index (χ1n) is 13.3. The zero-order valence-electron chi connectivity index (χ0n) is 22.7. The van der Waals surface area contributed by atoms with Crippen LogP contribution in [0.5, 0.6) is 0 Å². The minimum absolute atomic E-state index is 0.0365. The summed E-state index contributed by atoms with van der Waals surface area (Å²) in [6, 6.07) is 21.3. The molecule has 8 nitrogen and oxygen atoms in total. The van der Waals surface area contributed by atoms with Crippen molar-refractivity contribution in [1.29, 1.82) is 0 Å². The zero-order valence-corrected chi connectivity index (χ0v) is 23.5. The van der Waals surface area contributed by atoms with E-state index in [0.717, 1.165) is 17.5 Å². The second-order valence-corrected chi connectivity index (χ2v) is 11.9. The van der Waals surface area contributed by atoms with Crippen LogP contribution in [0.25, 0.3) is 0 Å². The van der Waals surface area contributed by atoms with E-state index in [2.05, 4.69) is 15.5 Å². The van der Waals surface area contributed by atoms with Crippen LogP contribution in [-0.4, -0.2) is 61.7 Å². The minimum atomic E-state index is -3.50. The molecule has 1 atom stereocenters. The van der Waals surface area contributed by atoms with Crippen molar-refractivity contribution in [2.24, 2.45) is 0 Å². The molecular formula is C30H36N4O4S. The number of benzene rings is 3. The molecule has 206 valence electrons. The summed E-state index contributed by atoms with van der Waals surface area (Å²) in [5, 5.41) is 5.80. The molecular weight excluding hydrogens is 512 g/mol. The average Bonchev–Trinajstić information content (AvgIpc) is 2.94. The Bertz CT molecular complexity index is 1400. The van der Waals surface area contributed by atoms with Crippen molar-refractivity contribution in [2.75, 3.05) is 31.5 Å². The van der Waals surface area contributed by atoms with Crippen molar-refractivity contribution in [3.8, 4) is 0 Å². The topological polar surface area (TPSA) is 98.8 Å². The summed E-state index contributed by atoms with van der Waals surface area (Å²) in [4.78, 5) is 28.1. The summed E-state index contributed by atoms with van der Waals surface area (Å²) in [5.41, 5.74) is 3.44. The van der Waals surface area contributed by atoms with E-state index < -0.39 is 10.0 Å². The Hall–Kier alpha value is -3.53. The minimum Gasteiger partial charge on any atom is -0.350 e. The van der Waals surface area contributed by atoms with Gasteiger partial charge in [0.15, 0.2) is 0 Å². The van der Waals surface area contributed by atoms with E-state index in [-0.39, 0.29) is 17.9 Å². The van der Waals surface area contributed by atoms with Crippen molar-refractivity contribution >= 4 is 27.5 Å². The molecule has 1 saturated heterocycles. The highest BCUT2D eigenvalue weighted by atomic mass is 32.2. The standard InChI is InChI=1S/C30H36N4O4S/c1-4-23(3)31-30(36)27-7-5-6-8-28(27)32-29(35)25-13-11-24(12-14-25)21-33-17-19-34(20-18-33)39(37,38)26-15-9-22(2)10-16-26/h5-16,23H,4,17-21H2,1-3H3,(H,31,36)(H,32,35). The molecule has 3 aromatic carbocycles. The van der Waals surface area contributed by atoms with Crippen molar-refractivity contribution < 1.29 is 18.0 Å². The molecule has 0 saturated carbocycles. The smallest absolute Gasteiger partial charge is 0.255 e. The fourth-order valence-electron chi connectivity index (χ4n) is 4.40. The quantitative estimate of drug-likeness (QED) is 0.416. The first-order chi connectivity index (χ1) is 18.7. The highest BCUT2D eigenvalue weighted by Gasteiger charge is 2.28. The van der Waals surface area contributed by atoms with Crippen LogP contribution in [-0.2, 0) is 16.6 Å². The normalized spacial score (nSPS) is 15.5. The van der Waals surface area contributed by atoms with Crippen LogP contribution in [0.2, 0.25) is 0 Å². The molecule has 1 aliphatic rings. The van der Waals surface area contributed by atoms with E-state index >= 15 is 0 Å². The predicted octanol–water partition coefficient (Wildman–Crippen LogP) is 4.28. The number of nitrogens with one attached hydrogen (secondary N) is 2. The number of rotatable bonds is 9. The highest BCUT2D eigenvalue weighted by molar-refractivity contribution is 7.89. The first kappa shape index (κ1) is 28.5. The van der Waals surface area contributed by atoms with Gasteiger partial charge in [0, 0.05) is 44.3 Å². The van der Waals surface area contributed by atoms with Crippen LogP contribution in [0.15, 0.2) is 77.7 Å². The third-order valence-electron chi connectivity index (χ3n) is 7.02. The molecule has 39 heavy (non-hydrogen) atoms. The van der Waals surface area contributed by atoms with E-state index in [9.17, 15) is 18.0 Å². The second-order valence-electron chi connectivity index (χ2n) is 9.97. The molecule has 2 amide bonds. The molecule has 1 unspecified atom stereocenters. The van der Waals surface area contributed by atoms with Gasteiger partial charge in [-0.05, 0) is 62.2 Å². The molecule has 0 radical (unpaired) electrons. The van der Waals surface area contributed by atoms with E-state index in [0.29, 0.717) is 54.4 Å². The Morgan fingerprint density at radius 2 is 1.51 bits per heavy atom. The lowest BCUT2D eigenvalue weighted by Crippen LogP contribution is -2.48. The van der Waals surface area contributed by atoms with Crippen molar-refractivity contribution in [1.82, 2.24) is 14.5 Å². The Morgan fingerprint density at radius 3 is 2.15 bits per heavy atom. The molecule has 9 heteroatoms. The number of anilines is 1. The van der Waals surface area contributed by atoms with Gasteiger partial charge in [-0.2, -0.15) is 4.31 Å².